The average Bonchev–Trinajstić information content (AvgIpc) is 2.28. The highest BCUT2D eigenvalue weighted by Crippen LogP contribution is 2.17. The zero-order valence-electron chi connectivity index (χ0n) is 10.8. The molecule has 1 rings (SSSR count). The van der Waals surface area contributed by atoms with E-state index in [-0.39, 0.29) is 6.54 Å². The molecule has 0 fully saturated rings. The molecule has 97 valence electrons. The second kappa shape index (κ2) is 5.64. The highest BCUT2D eigenvalue weighted by Gasteiger charge is 2.27. The van der Waals surface area contributed by atoms with E-state index in [0.717, 1.165) is 4.90 Å². The zero-order valence-corrected chi connectivity index (χ0v) is 10.8. The Balaban J connectivity index is 3.00. The van der Waals surface area contributed by atoms with Gasteiger partial charge in [-0.1, -0.05) is 12.1 Å². The van der Waals surface area contributed by atoms with E-state index in [9.17, 15) is 9.59 Å². The highest BCUT2D eigenvalue weighted by molar-refractivity contribution is 6.12. The first-order chi connectivity index (χ1) is 8.35. The first-order valence-corrected chi connectivity index (χ1v) is 5.57. The Labute approximate surface area is 107 Å². The van der Waals surface area contributed by atoms with Crippen molar-refractivity contribution in [2.45, 2.75) is 26.4 Å². The summed E-state index contributed by atoms with van der Waals surface area (Å²) in [5.41, 5.74) is 5.04. The predicted molar refractivity (Wildman–Crippen MR) is 68.1 cm³/mol. The molecular weight excluding hydrogens is 232 g/mol. The summed E-state index contributed by atoms with van der Waals surface area (Å²) in [4.78, 5) is 24.6. The number of carbonyl (C=O) groups is 2. The third-order valence-electron chi connectivity index (χ3n) is 1.96. The maximum atomic E-state index is 12.0. The van der Waals surface area contributed by atoms with Gasteiger partial charge in [-0.25, -0.2) is 9.69 Å². The van der Waals surface area contributed by atoms with Gasteiger partial charge in [-0.15, -0.1) is 0 Å². The molecule has 0 aromatic heterocycles. The lowest BCUT2D eigenvalue weighted by atomic mass is 10.2. The van der Waals surface area contributed by atoms with Crippen LogP contribution in [0.15, 0.2) is 24.3 Å². The van der Waals surface area contributed by atoms with E-state index in [0.29, 0.717) is 5.69 Å². The van der Waals surface area contributed by atoms with Gasteiger partial charge < -0.3 is 10.5 Å². The van der Waals surface area contributed by atoms with Crippen molar-refractivity contribution in [1.82, 2.24) is 0 Å². The number of ether oxygens (including phenoxy) is 1. The first-order valence-electron chi connectivity index (χ1n) is 5.57. The number of nitrogens with two attached hydrogens (primary N) is 1. The van der Waals surface area contributed by atoms with Crippen LogP contribution in [0.5, 0.6) is 0 Å². The van der Waals surface area contributed by atoms with Crippen molar-refractivity contribution < 1.29 is 14.3 Å². The maximum absolute atomic E-state index is 12.0. The third kappa shape index (κ3) is 3.85. The molecule has 0 heterocycles. The number of rotatable bonds is 2. The molecule has 0 aliphatic rings. The largest absolute Gasteiger partial charge is 0.443 e. The van der Waals surface area contributed by atoms with Crippen LogP contribution in [0.1, 0.15) is 20.8 Å². The molecule has 2 N–H and O–H groups in total. The monoisotopic (exact) mass is 249 g/mol. The Morgan fingerprint density at radius 1 is 1.33 bits per heavy atom. The average molecular weight is 249 g/mol. The number of hydrogen-bond donors (Lipinski definition) is 1. The summed E-state index contributed by atoms with van der Waals surface area (Å²) in [7, 11) is 0. The van der Waals surface area contributed by atoms with Crippen LogP contribution in [0.2, 0.25) is 0 Å². The van der Waals surface area contributed by atoms with Crippen LogP contribution in [-0.2, 0) is 9.53 Å². The van der Waals surface area contributed by atoms with E-state index >= 15 is 0 Å². The molecule has 0 saturated heterocycles. The fourth-order valence-corrected chi connectivity index (χ4v) is 1.28. The van der Waals surface area contributed by atoms with Crippen molar-refractivity contribution in [2.75, 3.05) is 11.4 Å². The molecule has 1 aromatic carbocycles. The Kier molecular flexibility index (Phi) is 4.44. The molecule has 0 unspecified atom stereocenters. The fourth-order valence-electron chi connectivity index (χ4n) is 1.28. The fraction of sp³-hybridized carbons (Fsp3) is 0.385. The lowest BCUT2D eigenvalue weighted by molar-refractivity contribution is -0.117. The van der Waals surface area contributed by atoms with E-state index in [1.807, 2.05) is 0 Å². The predicted octanol–water partition coefficient (Wildman–Crippen LogP) is 1.71. The van der Waals surface area contributed by atoms with Crippen molar-refractivity contribution in [3.8, 4) is 0 Å². The number of hydrogen-bond acceptors (Lipinski definition) is 4. The number of imide groups is 1. The number of nitrogens with zero attached hydrogens (tertiary/aromatic N) is 1. The summed E-state index contributed by atoms with van der Waals surface area (Å²) in [5, 5.41) is 0. The van der Waals surface area contributed by atoms with Crippen molar-refractivity contribution >= 4 is 17.7 Å². The summed E-state index contributed by atoms with van der Waals surface area (Å²) >= 11 is 0. The molecule has 5 heteroatoms. The van der Waals surface area contributed by atoms with Gasteiger partial charge in [0.15, 0.2) is 0 Å². The standard InChI is InChI=1S/C13H17N2O3/c1-13(2,3)18-12(17)15(11(16)9-14)10-7-5-4-6-8-10/h5-8H,9,14H2,1-3H3. The topological polar surface area (TPSA) is 72.6 Å². The maximum Gasteiger partial charge on any atom is 0.421 e. The lowest BCUT2D eigenvalue weighted by Crippen LogP contribution is -2.43. The highest BCUT2D eigenvalue weighted by atomic mass is 16.6. The number of benzene rings is 1. The molecule has 0 aliphatic carbocycles. The third-order valence-corrected chi connectivity index (χ3v) is 1.96. The van der Waals surface area contributed by atoms with Gasteiger partial charge in [0.05, 0.1) is 12.2 Å². The summed E-state index contributed by atoms with van der Waals surface area (Å²) in [6.45, 7) is 4.93. The van der Waals surface area contributed by atoms with Gasteiger partial charge in [-0.2, -0.15) is 0 Å². The number of amides is 2. The van der Waals surface area contributed by atoms with Crippen LogP contribution >= 0.6 is 0 Å². The summed E-state index contributed by atoms with van der Waals surface area (Å²) in [6, 6.07) is 9.22. The molecule has 1 radical (unpaired) electrons. The van der Waals surface area contributed by atoms with Crippen LogP contribution in [-0.4, -0.2) is 24.1 Å². The van der Waals surface area contributed by atoms with Gasteiger partial charge in [0.2, 0.25) is 5.91 Å². The zero-order chi connectivity index (χ0) is 13.8. The van der Waals surface area contributed by atoms with E-state index in [2.05, 4.69) is 6.07 Å². The summed E-state index contributed by atoms with van der Waals surface area (Å²) in [6.07, 6.45) is -0.732. The van der Waals surface area contributed by atoms with Crippen LogP contribution in [0.4, 0.5) is 10.5 Å². The van der Waals surface area contributed by atoms with E-state index in [1.54, 1.807) is 45.0 Å². The van der Waals surface area contributed by atoms with Crippen molar-refractivity contribution in [3.05, 3.63) is 30.3 Å². The molecule has 18 heavy (non-hydrogen) atoms. The summed E-state index contributed by atoms with van der Waals surface area (Å²) in [5.74, 6) is -0.518. The molecule has 0 bridgehead atoms. The minimum atomic E-state index is -0.732. The number of anilines is 1. The molecule has 0 aliphatic heterocycles. The molecule has 0 spiro atoms. The van der Waals surface area contributed by atoms with Crippen molar-refractivity contribution in [1.29, 1.82) is 0 Å². The van der Waals surface area contributed by atoms with Crippen LogP contribution in [0.25, 0.3) is 0 Å². The molecule has 5 nitrogen and oxygen atoms in total. The van der Waals surface area contributed by atoms with E-state index in [1.165, 1.54) is 0 Å². The van der Waals surface area contributed by atoms with Gasteiger partial charge >= 0.3 is 6.09 Å². The Hall–Kier alpha value is -1.88. The Morgan fingerprint density at radius 3 is 2.33 bits per heavy atom. The van der Waals surface area contributed by atoms with Crippen LogP contribution < -0.4 is 10.6 Å². The normalized spacial score (nSPS) is 10.9. The molecule has 0 atom stereocenters. The SMILES string of the molecule is CC(C)(C)OC(=O)N(C(=O)CN)c1cc[c]cc1. The van der Waals surface area contributed by atoms with Gasteiger partial charge in [0.1, 0.15) is 5.60 Å². The Bertz CT molecular complexity index is 424. The molecular formula is C13H17N2O3. The van der Waals surface area contributed by atoms with Gasteiger partial charge in [-0.05, 0) is 39.0 Å². The second-order valence-corrected chi connectivity index (χ2v) is 4.67. The minimum Gasteiger partial charge on any atom is -0.443 e. The smallest absolute Gasteiger partial charge is 0.421 e. The van der Waals surface area contributed by atoms with Gasteiger partial charge in [0, 0.05) is 0 Å². The molecule has 0 saturated carbocycles. The second-order valence-electron chi connectivity index (χ2n) is 4.67. The van der Waals surface area contributed by atoms with E-state index in [4.69, 9.17) is 10.5 Å². The van der Waals surface area contributed by atoms with Crippen LogP contribution in [0, 0.1) is 6.07 Å². The van der Waals surface area contributed by atoms with Crippen molar-refractivity contribution in [2.24, 2.45) is 5.73 Å². The summed E-state index contributed by atoms with van der Waals surface area (Å²) < 4.78 is 5.18. The first kappa shape index (κ1) is 14.2. The lowest BCUT2D eigenvalue weighted by Gasteiger charge is -2.25. The Morgan fingerprint density at radius 2 is 1.89 bits per heavy atom. The van der Waals surface area contributed by atoms with E-state index < -0.39 is 17.6 Å². The van der Waals surface area contributed by atoms with Crippen molar-refractivity contribution in [3.63, 3.8) is 0 Å². The van der Waals surface area contributed by atoms with Gasteiger partial charge in [-0.3, -0.25) is 4.79 Å². The minimum absolute atomic E-state index is 0.266. The van der Waals surface area contributed by atoms with Crippen LogP contribution in [0.3, 0.4) is 0 Å². The van der Waals surface area contributed by atoms with Gasteiger partial charge in [0.25, 0.3) is 0 Å². The quantitative estimate of drug-likeness (QED) is 0.866. The number of carbonyl (C=O) groups excluding carboxylic acids is 2. The molecule has 1 aromatic rings. The molecule has 2 amide bonds.